The minimum Gasteiger partial charge on any atom is -0.508 e. The summed E-state index contributed by atoms with van der Waals surface area (Å²) >= 11 is 0. The van der Waals surface area contributed by atoms with Crippen LogP contribution in [-0.4, -0.2) is 96.8 Å². The van der Waals surface area contributed by atoms with Crippen molar-refractivity contribution in [3.63, 3.8) is 0 Å². The summed E-state index contributed by atoms with van der Waals surface area (Å²) in [7, 11) is 1.60. The fourth-order valence-electron chi connectivity index (χ4n) is 10.9. The van der Waals surface area contributed by atoms with Crippen molar-refractivity contribution in [1.82, 2.24) is 10.2 Å². The van der Waals surface area contributed by atoms with Crippen LogP contribution in [0.2, 0.25) is 0 Å². The van der Waals surface area contributed by atoms with Gasteiger partial charge in [-0.25, -0.2) is 4.79 Å². The lowest BCUT2D eigenvalue weighted by atomic mass is 9.78. The number of hydrogen-bond donors (Lipinski definition) is 8. The Morgan fingerprint density at radius 2 is 0.980 bits per heavy atom. The molecule has 0 spiro atoms. The second-order valence-electron chi connectivity index (χ2n) is 25.1. The van der Waals surface area contributed by atoms with Gasteiger partial charge in [0.05, 0.1) is 26.9 Å². The molecule has 0 fully saturated rings. The number of phenolic OH excluding ortho intramolecular Hbond substituents is 2. The molecule has 0 heterocycles. The number of alkyl carbamates (subject to hydrolysis) is 1. The highest BCUT2D eigenvalue weighted by molar-refractivity contribution is 6.04. The Balaban J connectivity index is 0.000000217. The van der Waals surface area contributed by atoms with Crippen LogP contribution in [0.3, 0.4) is 0 Å². The van der Waals surface area contributed by atoms with E-state index < -0.39 is 6.09 Å². The topological polar surface area (TPSA) is 287 Å². The first-order chi connectivity index (χ1) is 49.0. The third kappa shape index (κ3) is 24.2. The average Bonchev–Trinajstić information content (AvgIpc) is 0.816. The molecular formula is C83H97N7O12. The van der Waals surface area contributed by atoms with Crippen LogP contribution in [0, 0.1) is 16.2 Å². The zero-order valence-corrected chi connectivity index (χ0v) is 59.8. The molecule has 0 aliphatic carbocycles. The van der Waals surface area contributed by atoms with Crippen LogP contribution in [0.5, 0.6) is 51.7 Å². The number of nitrogen functional groups attached to an aromatic ring is 2. The van der Waals surface area contributed by atoms with E-state index in [0.717, 1.165) is 88.3 Å². The molecule has 0 aliphatic rings. The number of amidine groups is 3. The van der Waals surface area contributed by atoms with E-state index >= 15 is 0 Å². The Bertz CT molecular complexity index is 4140. The molecule has 19 nitrogen and oxygen atoms in total. The van der Waals surface area contributed by atoms with Crippen LogP contribution < -0.4 is 49.9 Å². The maximum Gasteiger partial charge on any atom is 0.412 e. The number of benzene rings is 9. The minimum atomic E-state index is -0.650. The summed E-state index contributed by atoms with van der Waals surface area (Å²) in [6.07, 6.45) is 3.98. The molecule has 0 saturated carbocycles. The maximum absolute atomic E-state index is 13.0. The molecular weight excluding hydrogens is 1290 g/mol. The number of nitrogens with two attached hydrogens (primary N) is 2. The highest BCUT2D eigenvalue weighted by Gasteiger charge is 2.25. The normalized spacial score (nSPS) is 10.8. The predicted octanol–water partition coefficient (Wildman–Crippen LogP) is 16.6. The molecule has 19 heteroatoms. The summed E-state index contributed by atoms with van der Waals surface area (Å²) in [4.78, 5) is 26.4. The summed E-state index contributed by atoms with van der Waals surface area (Å²) in [5, 5.41) is 44.4. The highest BCUT2D eigenvalue weighted by atomic mass is 16.5. The molecule has 9 aromatic carbocycles. The van der Waals surface area contributed by atoms with E-state index in [1.54, 1.807) is 105 Å². The maximum atomic E-state index is 13.0. The van der Waals surface area contributed by atoms with Crippen LogP contribution >= 0.6 is 0 Å². The van der Waals surface area contributed by atoms with Crippen LogP contribution in [-0.2, 0) is 29.8 Å². The molecule has 536 valence electrons. The van der Waals surface area contributed by atoms with E-state index in [4.69, 9.17) is 65.6 Å². The Morgan fingerprint density at radius 1 is 0.490 bits per heavy atom. The first kappa shape index (κ1) is 77.9. The molecule has 2 amide bonds. The molecule has 102 heavy (non-hydrogen) atoms. The molecule has 9 aromatic rings. The van der Waals surface area contributed by atoms with Crippen LogP contribution in [0.1, 0.15) is 136 Å². The lowest BCUT2D eigenvalue weighted by molar-refractivity contribution is 0.0643. The number of ether oxygens (including phenoxy) is 8. The number of carbonyl (C=O) groups is 2. The number of aryl methyl sites for hydroxylation is 1. The van der Waals surface area contributed by atoms with E-state index in [1.165, 1.54) is 0 Å². The number of nitrogens with one attached hydrogen (secondary N) is 4. The van der Waals surface area contributed by atoms with E-state index in [2.05, 4.69) is 50.4 Å². The van der Waals surface area contributed by atoms with Crippen molar-refractivity contribution in [3.8, 4) is 62.9 Å². The van der Waals surface area contributed by atoms with E-state index in [1.807, 2.05) is 124 Å². The SMILES string of the molecule is CCCc1cc(-c2ccc(C(=N)N)cc2)ccc1OCCOc1cccc(O)c1.CCOC(=O)NC(=N)c1ccc(OCc2cccc(COc3ccc(C(C)(C)c4ccc(O)cc4)cc3)c2)cc1.COc1ccc(C(=O)N(C(C)C)C(C)C)cc1OCCCCCOc1ccc(C(=N)N)cc1. The Kier molecular flexibility index (Phi) is 30.0. The predicted molar refractivity (Wildman–Crippen MR) is 403 cm³/mol. The summed E-state index contributed by atoms with van der Waals surface area (Å²) in [6.45, 7) is 19.2. The third-order valence-electron chi connectivity index (χ3n) is 16.4. The number of carbonyl (C=O) groups excluding carboxylic acids is 2. The van der Waals surface area contributed by atoms with E-state index in [9.17, 15) is 19.8 Å². The standard InChI is InChI=1S/C33H34N2O5.C26H37N3O4.C24H26N2O3/c1-4-38-32(37)35-31(34)25-8-16-29(17-9-25)39-21-23-6-5-7-24(20-23)22-40-30-18-12-27(13-19-30)33(2,3)26-10-14-28(36)15-11-26;1-18(2)29(19(3)4)26(30)21-11-14-23(31-5)24(17-21)33-16-8-6-7-15-32-22-12-9-20(10-13-22)25(27)28;1-2-4-20-15-19(17-7-9-18(10-8-17)24(25)26)11-12-23(20)29-14-13-28-22-6-3-5-21(27)16-22/h5-20,36H,4,21-22H2,1-3H3,(H2,34,35,37);9-14,17-19H,6-8,15-16H2,1-5H3,(H3,27,28);3,5-12,15-16,27H,2,4,13-14H2,1H3,(H3,25,26). The van der Waals surface area contributed by atoms with Gasteiger partial charge in [0.15, 0.2) is 11.5 Å². The van der Waals surface area contributed by atoms with Crippen LogP contribution in [0.15, 0.2) is 206 Å². The number of aromatic hydroxyl groups is 2. The van der Waals surface area contributed by atoms with Gasteiger partial charge in [0, 0.05) is 45.8 Å². The number of rotatable bonds is 32. The van der Waals surface area contributed by atoms with Gasteiger partial charge < -0.3 is 64.5 Å². The van der Waals surface area contributed by atoms with Crippen molar-refractivity contribution in [2.24, 2.45) is 11.5 Å². The largest absolute Gasteiger partial charge is 0.508 e. The summed E-state index contributed by atoms with van der Waals surface area (Å²) in [5.74, 6) is 5.39. The lowest BCUT2D eigenvalue weighted by Crippen LogP contribution is -2.42. The van der Waals surface area contributed by atoms with Gasteiger partial charge in [-0.15, -0.1) is 0 Å². The number of phenols is 2. The van der Waals surface area contributed by atoms with Crippen molar-refractivity contribution in [2.45, 2.75) is 118 Å². The van der Waals surface area contributed by atoms with Gasteiger partial charge in [-0.1, -0.05) is 106 Å². The first-order valence-electron chi connectivity index (χ1n) is 34.2. The fourth-order valence-corrected chi connectivity index (χ4v) is 10.9. The Morgan fingerprint density at radius 3 is 1.54 bits per heavy atom. The molecule has 0 atom stereocenters. The Hall–Kier alpha value is -11.5. The third-order valence-corrected chi connectivity index (χ3v) is 16.4. The fraction of sp³-hybridized carbons (Fsp3) is 0.289. The van der Waals surface area contributed by atoms with E-state index in [0.29, 0.717) is 84.9 Å². The summed E-state index contributed by atoms with van der Waals surface area (Å²) in [6, 6.07) is 63.8. The average molecular weight is 1380 g/mol. The van der Waals surface area contributed by atoms with Gasteiger partial charge in [-0.3, -0.25) is 26.3 Å². The summed E-state index contributed by atoms with van der Waals surface area (Å²) in [5.41, 5.74) is 21.0. The zero-order valence-electron chi connectivity index (χ0n) is 59.8. The minimum absolute atomic E-state index is 0.0130. The molecule has 0 bridgehead atoms. The molecule has 0 aromatic heterocycles. The first-order valence-corrected chi connectivity index (χ1v) is 34.2. The quantitative estimate of drug-likeness (QED) is 0.0111. The second kappa shape index (κ2) is 39.4. The molecule has 0 unspecified atom stereocenters. The molecule has 9 rings (SSSR count). The smallest absolute Gasteiger partial charge is 0.412 e. The zero-order chi connectivity index (χ0) is 73.6. The van der Waals surface area contributed by atoms with Gasteiger partial charge in [0.25, 0.3) is 5.91 Å². The van der Waals surface area contributed by atoms with Gasteiger partial charge in [0.1, 0.15) is 84.2 Å². The number of methoxy groups -OCH3 is 1. The van der Waals surface area contributed by atoms with E-state index in [-0.39, 0.29) is 59.0 Å². The second-order valence-corrected chi connectivity index (χ2v) is 25.1. The van der Waals surface area contributed by atoms with Gasteiger partial charge in [0.2, 0.25) is 0 Å². The van der Waals surface area contributed by atoms with Crippen LogP contribution in [0.25, 0.3) is 11.1 Å². The van der Waals surface area contributed by atoms with Gasteiger partial charge >= 0.3 is 6.09 Å². The summed E-state index contributed by atoms with van der Waals surface area (Å²) < 4.78 is 45.4. The monoisotopic (exact) mass is 1380 g/mol. The van der Waals surface area contributed by atoms with Crippen molar-refractivity contribution in [3.05, 3.63) is 256 Å². The number of nitrogens with zero attached hydrogens (tertiary/aromatic N) is 1. The van der Waals surface area contributed by atoms with Crippen LogP contribution in [0.4, 0.5) is 4.79 Å². The number of amides is 2. The molecule has 0 saturated heterocycles. The Labute approximate surface area is 599 Å². The van der Waals surface area contributed by atoms with Crippen molar-refractivity contribution < 1.29 is 57.7 Å². The van der Waals surface area contributed by atoms with Crippen molar-refractivity contribution in [2.75, 3.05) is 40.1 Å². The number of hydrogen-bond acceptors (Lipinski definition) is 15. The molecule has 0 aliphatic heterocycles. The van der Waals surface area contributed by atoms with Crippen molar-refractivity contribution >= 4 is 29.5 Å². The van der Waals surface area contributed by atoms with Gasteiger partial charge in [-0.2, -0.15) is 0 Å². The lowest BCUT2D eigenvalue weighted by Gasteiger charge is -2.31. The molecule has 0 radical (unpaired) electrons. The molecule has 10 N–H and O–H groups in total. The highest BCUT2D eigenvalue weighted by Crippen LogP contribution is 2.35. The number of unbranched alkanes of at least 4 members (excludes halogenated alkanes) is 2. The van der Waals surface area contributed by atoms with Gasteiger partial charge in [-0.05, 0) is 221 Å². The van der Waals surface area contributed by atoms with Crippen molar-refractivity contribution in [1.29, 1.82) is 16.2 Å².